The van der Waals surface area contributed by atoms with E-state index in [1.165, 1.54) is 0 Å². The number of fused-ring (bicyclic) bond motifs is 1. The Morgan fingerprint density at radius 2 is 2.05 bits per heavy atom. The van der Waals surface area contributed by atoms with Gasteiger partial charge in [0.25, 0.3) is 0 Å². The maximum absolute atomic E-state index is 11.9. The minimum absolute atomic E-state index is 0.0222. The lowest BCUT2D eigenvalue weighted by molar-refractivity contribution is -0.127. The summed E-state index contributed by atoms with van der Waals surface area (Å²) >= 11 is 0. The lowest BCUT2D eigenvalue weighted by Gasteiger charge is -2.16. The van der Waals surface area contributed by atoms with Crippen LogP contribution in [0.25, 0.3) is 0 Å². The topological polar surface area (TPSA) is 72.9 Å². The molecular weight excluding hydrogens is 330 g/mol. The third kappa shape index (κ3) is 3.64. The van der Waals surface area contributed by atoms with Crippen LogP contribution in [-0.4, -0.2) is 44.9 Å². The highest BCUT2D eigenvalue weighted by atomic mass is 35.7. The van der Waals surface area contributed by atoms with E-state index in [4.69, 9.17) is 20.2 Å². The van der Waals surface area contributed by atoms with Gasteiger partial charge in [0.1, 0.15) is 0 Å². The van der Waals surface area contributed by atoms with E-state index in [-0.39, 0.29) is 30.8 Å². The minimum Gasteiger partial charge on any atom is -0.454 e. The molecule has 2 aliphatic heterocycles. The predicted octanol–water partition coefficient (Wildman–Crippen LogP) is 1.37. The van der Waals surface area contributed by atoms with Gasteiger partial charge in [-0.05, 0) is 24.1 Å². The van der Waals surface area contributed by atoms with E-state index in [2.05, 4.69) is 0 Å². The fourth-order valence-electron chi connectivity index (χ4n) is 2.82. The maximum Gasteiger partial charge on any atom is 0.232 e. The molecule has 0 radical (unpaired) electrons. The van der Waals surface area contributed by atoms with Crippen molar-refractivity contribution in [2.24, 2.45) is 5.92 Å². The molecule has 3 rings (SSSR count). The standard InChI is InChI=1S/C14H16ClNO5S/c15-22(18,19)8-11-6-14(17)16(7-11)4-3-10-1-2-12-13(5-10)21-9-20-12/h1-2,5,11H,3-4,6-9H2. The van der Waals surface area contributed by atoms with Gasteiger partial charge < -0.3 is 14.4 Å². The van der Waals surface area contributed by atoms with Gasteiger partial charge in [0.15, 0.2) is 11.5 Å². The Morgan fingerprint density at radius 1 is 1.27 bits per heavy atom. The van der Waals surface area contributed by atoms with Crippen molar-refractivity contribution >= 4 is 25.6 Å². The van der Waals surface area contributed by atoms with Crippen molar-refractivity contribution in [2.75, 3.05) is 25.6 Å². The van der Waals surface area contributed by atoms with Gasteiger partial charge in [-0.15, -0.1) is 0 Å². The summed E-state index contributed by atoms with van der Waals surface area (Å²) < 4.78 is 32.8. The molecule has 22 heavy (non-hydrogen) atoms. The SMILES string of the molecule is O=C1CC(CS(=O)(=O)Cl)CN1CCc1ccc2c(c1)OCO2. The molecule has 0 N–H and O–H groups in total. The van der Waals surface area contributed by atoms with Crippen LogP contribution < -0.4 is 9.47 Å². The number of carbonyl (C=O) groups excluding carboxylic acids is 1. The molecule has 0 aliphatic carbocycles. The molecule has 1 aromatic carbocycles. The summed E-state index contributed by atoms with van der Waals surface area (Å²) in [6.07, 6.45) is 0.926. The van der Waals surface area contributed by atoms with Crippen molar-refractivity contribution in [3.63, 3.8) is 0 Å². The molecule has 1 saturated heterocycles. The van der Waals surface area contributed by atoms with E-state index in [9.17, 15) is 13.2 Å². The fraction of sp³-hybridized carbons (Fsp3) is 0.500. The van der Waals surface area contributed by atoms with E-state index >= 15 is 0 Å². The van der Waals surface area contributed by atoms with Crippen LogP contribution in [0.3, 0.4) is 0 Å². The van der Waals surface area contributed by atoms with Crippen LogP contribution in [0.4, 0.5) is 0 Å². The second kappa shape index (κ2) is 5.96. The van der Waals surface area contributed by atoms with Crippen molar-refractivity contribution in [3.8, 4) is 11.5 Å². The Morgan fingerprint density at radius 3 is 2.82 bits per heavy atom. The summed E-state index contributed by atoms with van der Waals surface area (Å²) in [5, 5.41) is 0. The fourth-order valence-corrected chi connectivity index (χ4v) is 4.14. The summed E-state index contributed by atoms with van der Waals surface area (Å²) in [6.45, 7) is 1.23. The number of ether oxygens (including phenoxy) is 2. The molecule has 0 bridgehead atoms. The Labute approximate surface area is 133 Å². The molecule has 1 atom stereocenters. The first-order valence-electron chi connectivity index (χ1n) is 6.99. The van der Waals surface area contributed by atoms with Gasteiger partial charge in [-0.2, -0.15) is 0 Å². The number of carbonyl (C=O) groups is 1. The first kappa shape index (κ1) is 15.4. The molecule has 2 heterocycles. The van der Waals surface area contributed by atoms with Crippen LogP contribution in [0.2, 0.25) is 0 Å². The molecule has 2 aliphatic rings. The molecule has 1 aromatic rings. The van der Waals surface area contributed by atoms with Crippen LogP contribution in [0.15, 0.2) is 18.2 Å². The monoisotopic (exact) mass is 345 g/mol. The predicted molar refractivity (Wildman–Crippen MR) is 80.6 cm³/mol. The number of hydrogen-bond acceptors (Lipinski definition) is 5. The molecule has 1 amide bonds. The van der Waals surface area contributed by atoms with Crippen LogP contribution in [0, 0.1) is 5.92 Å². The molecule has 0 saturated carbocycles. The molecule has 0 aromatic heterocycles. The van der Waals surface area contributed by atoms with Gasteiger partial charge in [-0.1, -0.05) is 6.07 Å². The number of halogens is 1. The van der Waals surface area contributed by atoms with E-state index in [1.54, 1.807) is 4.90 Å². The van der Waals surface area contributed by atoms with Crippen LogP contribution >= 0.6 is 10.7 Å². The number of benzene rings is 1. The van der Waals surface area contributed by atoms with Gasteiger partial charge in [0.05, 0.1) is 5.75 Å². The van der Waals surface area contributed by atoms with Crippen molar-refractivity contribution in [3.05, 3.63) is 23.8 Å². The first-order chi connectivity index (χ1) is 10.4. The summed E-state index contributed by atoms with van der Waals surface area (Å²) in [6, 6.07) is 5.70. The molecule has 0 spiro atoms. The average molecular weight is 346 g/mol. The Bertz CT molecular complexity index is 690. The summed E-state index contributed by atoms with van der Waals surface area (Å²) in [5.74, 6) is 1.06. The molecule has 120 valence electrons. The van der Waals surface area contributed by atoms with Gasteiger partial charge in [-0.3, -0.25) is 4.79 Å². The van der Waals surface area contributed by atoms with Crippen molar-refractivity contribution < 1.29 is 22.7 Å². The van der Waals surface area contributed by atoms with Gasteiger partial charge in [-0.25, -0.2) is 8.42 Å². The number of hydrogen-bond donors (Lipinski definition) is 0. The zero-order chi connectivity index (χ0) is 15.7. The molecular formula is C14H16ClNO5S. The molecule has 1 fully saturated rings. The Kier molecular flexibility index (Phi) is 4.18. The normalized spacial score (nSPS) is 20.7. The van der Waals surface area contributed by atoms with E-state index in [0.29, 0.717) is 19.5 Å². The second-order valence-corrected chi connectivity index (χ2v) is 8.37. The Balaban J connectivity index is 1.56. The highest BCUT2D eigenvalue weighted by Crippen LogP contribution is 2.32. The smallest absolute Gasteiger partial charge is 0.232 e. The first-order valence-corrected chi connectivity index (χ1v) is 9.47. The minimum atomic E-state index is -3.57. The molecule has 6 nitrogen and oxygen atoms in total. The zero-order valence-corrected chi connectivity index (χ0v) is 13.4. The largest absolute Gasteiger partial charge is 0.454 e. The van der Waals surface area contributed by atoms with Crippen molar-refractivity contribution in [2.45, 2.75) is 12.8 Å². The van der Waals surface area contributed by atoms with Crippen LogP contribution in [-0.2, 0) is 20.3 Å². The third-order valence-corrected chi connectivity index (χ3v) is 5.08. The van der Waals surface area contributed by atoms with E-state index in [0.717, 1.165) is 17.1 Å². The number of nitrogens with zero attached hydrogens (tertiary/aromatic N) is 1. The zero-order valence-electron chi connectivity index (χ0n) is 11.8. The highest BCUT2D eigenvalue weighted by Gasteiger charge is 2.32. The maximum atomic E-state index is 11.9. The summed E-state index contributed by atoms with van der Waals surface area (Å²) in [7, 11) is 1.69. The third-order valence-electron chi connectivity index (χ3n) is 3.84. The lowest BCUT2D eigenvalue weighted by Crippen LogP contribution is -2.28. The average Bonchev–Trinajstić information content (AvgIpc) is 3.00. The molecule has 8 heteroatoms. The lowest BCUT2D eigenvalue weighted by atomic mass is 10.1. The van der Waals surface area contributed by atoms with Gasteiger partial charge in [0.2, 0.25) is 21.8 Å². The molecule has 1 unspecified atom stereocenters. The quantitative estimate of drug-likeness (QED) is 0.754. The number of likely N-dealkylation sites (tertiary alicyclic amines) is 1. The summed E-state index contributed by atoms with van der Waals surface area (Å²) in [4.78, 5) is 13.6. The van der Waals surface area contributed by atoms with Gasteiger partial charge >= 0.3 is 0 Å². The second-order valence-electron chi connectivity index (χ2n) is 5.55. The van der Waals surface area contributed by atoms with Gasteiger partial charge in [0, 0.05) is 36.1 Å². The summed E-state index contributed by atoms with van der Waals surface area (Å²) in [5.41, 5.74) is 1.05. The highest BCUT2D eigenvalue weighted by molar-refractivity contribution is 8.13. The number of rotatable bonds is 5. The van der Waals surface area contributed by atoms with E-state index < -0.39 is 9.05 Å². The van der Waals surface area contributed by atoms with Crippen LogP contribution in [0.5, 0.6) is 11.5 Å². The number of amides is 1. The van der Waals surface area contributed by atoms with E-state index in [1.807, 2.05) is 18.2 Å². The Hall–Kier alpha value is -1.47. The van der Waals surface area contributed by atoms with Crippen molar-refractivity contribution in [1.82, 2.24) is 4.90 Å². The van der Waals surface area contributed by atoms with Crippen LogP contribution in [0.1, 0.15) is 12.0 Å². The van der Waals surface area contributed by atoms with Crippen molar-refractivity contribution in [1.29, 1.82) is 0 Å².